The molecule has 6 rings (SSSR count). The second-order valence-corrected chi connectivity index (χ2v) is 13.3. The second kappa shape index (κ2) is 13.0. The first-order chi connectivity index (χ1) is 20.7. The van der Waals surface area contributed by atoms with E-state index >= 15 is 0 Å². The summed E-state index contributed by atoms with van der Waals surface area (Å²) < 4.78 is 0. The van der Waals surface area contributed by atoms with Crippen LogP contribution >= 0.6 is 23.2 Å². The topological polar surface area (TPSA) is 55.9 Å². The molecule has 3 aliphatic heterocycles. The van der Waals surface area contributed by atoms with E-state index in [0.29, 0.717) is 53.4 Å². The van der Waals surface area contributed by atoms with Crippen LogP contribution < -0.4 is 5.32 Å². The van der Waals surface area contributed by atoms with Gasteiger partial charge in [-0.25, -0.2) is 0 Å². The summed E-state index contributed by atoms with van der Waals surface area (Å²) in [7, 11) is 0. The van der Waals surface area contributed by atoms with Gasteiger partial charge < -0.3 is 15.1 Å². The molecule has 0 radical (unpaired) electrons. The Hall–Kier alpha value is -2.90. The number of carbonyl (C=O) groups is 2. The lowest BCUT2D eigenvalue weighted by molar-refractivity contribution is -0.135. The maximum Gasteiger partial charge on any atom is 0.254 e. The molecule has 3 fully saturated rings. The molecule has 2 amide bonds. The van der Waals surface area contributed by atoms with E-state index < -0.39 is 0 Å². The maximum atomic E-state index is 13.8. The molecular weight excluding hydrogens is 579 g/mol. The zero-order valence-corrected chi connectivity index (χ0v) is 26.5. The van der Waals surface area contributed by atoms with E-state index in [-0.39, 0.29) is 24.4 Å². The zero-order valence-electron chi connectivity index (χ0n) is 24.9. The van der Waals surface area contributed by atoms with E-state index in [0.717, 1.165) is 36.1 Å². The number of hydrogen-bond acceptors (Lipinski definition) is 4. The van der Waals surface area contributed by atoms with Gasteiger partial charge in [0.1, 0.15) is 0 Å². The minimum absolute atomic E-state index is 0.0141. The molecule has 43 heavy (non-hydrogen) atoms. The van der Waals surface area contributed by atoms with Crippen LogP contribution in [0.5, 0.6) is 0 Å². The van der Waals surface area contributed by atoms with Crippen molar-refractivity contribution >= 4 is 35.0 Å². The summed E-state index contributed by atoms with van der Waals surface area (Å²) in [6.07, 6.45) is 4.56. The smallest absolute Gasteiger partial charge is 0.254 e. The number of rotatable bonds is 7. The molecule has 6 nitrogen and oxygen atoms in total. The fourth-order valence-electron chi connectivity index (χ4n) is 7.38. The van der Waals surface area contributed by atoms with Crippen LogP contribution in [-0.2, 0) is 11.3 Å². The lowest BCUT2D eigenvalue weighted by Gasteiger charge is -2.43. The van der Waals surface area contributed by atoms with Crippen molar-refractivity contribution in [1.82, 2.24) is 20.0 Å². The predicted molar refractivity (Wildman–Crippen MR) is 173 cm³/mol. The van der Waals surface area contributed by atoms with Gasteiger partial charge in [-0.15, -0.1) is 0 Å². The van der Waals surface area contributed by atoms with Crippen LogP contribution in [0, 0.1) is 13.8 Å². The standard InChI is InChI=1S/C35H40Cl2N4O2/c1-23-14-24(2)16-27(15-23)35(43)39-12-13-40(33(22-39)26-8-11-31(36)32(37)17-26)34(42)20-38-28-18-29-9-10-30(19-28)41(29)21-25-6-4-3-5-7-25/h3-8,11,14-17,28-30,33,38H,9-10,12-13,18-22H2,1-2H3. The van der Waals surface area contributed by atoms with Gasteiger partial charge in [-0.05, 0) is 74.9 Å². The average molecular weight is 620 g/mol. The van der Waals surface area contributed by atoms with Crippen LogP contribution in [0.4, 0.5) is 0 Å². The highest BCUT2D eigenvalue weighted by Gasteiger charge is 2.41. The van der Waals surface area contributed by atoms with Crippen molar-refractivity contribution in [2.45, 2.75) is 70.2 Å². The second-order valence-electron chi connectivity index (χ2n) is 12.5. The van der Waals surface area contributed by atoms with Gasteiger partial charge >= 0.3 is 0 Å². The number of piperazine rings is 1. The summed E-state index contributed by atoms with van der Waals surface area (Å²) in [6, 6.07) is 23.3. The van der Waals surface area contributed by atoms with E-state index in [2.05, 4.69) is 46.6 Å². The number of benzene rings is 3. The summed E-state index contributed by atoms with van der Waals surface area (Å²) in [4.78, 5) is 33.8. The lowest BCUT2D eigenvalue weighted by atomic mass is 9.96. The Morgan fingerprint density at radius 2 is 1.56 bits per heavy atom. The van der Waals surface area contributed by atoms with E-state index in [1.807, 2.05) is 47.9 Å². The van der Waals surface area contributed by atoms with Gasteiger partial charge in [0.25, 0.3) is 5.91 Å². The molecule has 3 aliphatic rings. The molecule has 0 saturated carbocycles. The molecule has 1 N–H and O–H groups in total. The maximum absolute atomic E-state index is 13.8. The van der Waals surface area contributed by atoms with Crippen LogP contribution in [-0.4, -0.2) is 70.8 Å². The predicted octanol–water partition coefficient (Wildman–Crippen LogP) is 6.42. The van der Waals surface area contributed by atoms with Crippen LogP contribution in [0.2, 0.25) is 10.0 Å². The van der Waals surface area contributed by atoms with E-state index in [1.54, 1.807) is 6.07 Å². The molecule has 0 aromatic heterocycles. The van der Waals surface area contributed by atoms with Gasteiger partial charge in [0.15, 0.2) is 0 Å². The molecule has 0 aliphatic carbocycles. The van der Waals surface area contributed by atoms with Crippen LogP contribution in [0.1, 0.15) is 64.3 Å². The Kier molecular flexibility index (Phi) is 9.11. The molecule has 226 valence electrons. The number of hydrogen-bond donors (Lipinski definition) is 1. The molecule has 3 heterocycles. The monoisotopic (exact) mass is 618 g/mol. The Morgan fingerprint density at radius 3 is 2.23 bits per heavy atom. The van der Waals surface area contributed by atoms with Crippen LogP contribution in [0.15, 0.2) is 66.7 Å². The van der Waals surface area contributed by atoms with Gasteiger partial charge in [0.05, 0.1) is 22.6 Å². The third kappa shape index (κ3) is 6.78. The number of carbonyl (C=O) groups excluding carboxylic acids is 2. The normalized spacial score (nSPS) is 23.9. The van der Waals surface area contributed by atoms with E-state index in [4.69, 9.17) is 23.2 Å². The Morgan fingerprint density at radius 1 is 0.860 bits per heavy atom. The van der Waals surface area contributed by atoms with Crippen molar-refractivity contribution < 1.29 is 9.59 Å². The first kappa shape index (κ1) is 30.1. The van der Waals surface area contributed by atoms with Gasteiger partial charge in [0.2, 0.25) is 5.91 Å². The summed E-state index contributed by atoms with van der Waals surface area (Å²) in [5.74, 6) is 0.0356. The van der Waals surface area contributed by atoms with Gasteiger partial charge in [0, 0.05) is 49.9 Å². The van der Waals surface area contributed by atoms with Gasteiger partial charge in [-0.3, -0.25) is 14.5 Å². The Bertz CT molecular complexity index is 1450. The van der Waals surface area contributed by atoms with Crippen molar-refractivity contribution in [2.75, 3.05) is 26.2 Å². The first-order valence-electron chi connectivity index (χ1n) is 15.4. The third-order valence-corrected chi connectivity index (χ3v) is 10.2. The SMILES string of the molecule is Cc1cc(C)cc(C(=O)N2CCN(C(=O)CNC3CC4CCC(C3)N4Cc3ccccc3)C(c3ccc(Cl)c(Cl)c3)C2)c1. The van der Waals surface area contributed by atoms with Crippen molar-refractivity contribution in [3.05, 3.63) is 105 Å². The van der Waals surface area contributed by atoms with Crippen LogP contribution in [0.3, 0.4) is 0 Å². The molecule has 3 saturated heterocycles. The third-order valence-electron chi connectivity index (χ3n) is 9.42. The highest BCUT2D eigenvalue weighted by Crippen LogP contribution is 2.37. The molecule has 3 aromatic rings. The zero-order chi connectivity index (χ0) is 30.1. The Balaban J connectivity index is 1.12. The van der Waals surface area contributed by atoms with Gasteiger partial charge in [-0.2, -0.15) is 0 Å². The molecule has 0 spiro atoms. The van der Waals surface area contributed by atoms with Crippen molar-refractivity contribution in [2.24, 2.45) is 0 Å². The lowest BCUT2D eigenvalue weighted by Crippen LogP contribution is -2.55. The quantitative estimate of drug-likeness (QED) is 0.332. The summed E-state index contributed by atoms with van der Waals surface area (Å²) in [5, 5.41) is 4.54. The minimum atomic E-state index is -0.309. The highest BCUT2D eigenvalue weighted by atomic mass is 35.5. The first-order valence-corrected chi connectivity index (χ1v) is 16.2. The molecule has 3 unspecified atom stereocenters. The highest BCUT2D eigenvalue weighted by molar-refractivity contribution is 6.42. The van der Waals surface area contributed by atoms with Crippen molar-refractivity contribution in [3.63, 3.8) is 0 Å². The average Bonchev–Trinajstić information content (AvgIpc) is 3.22. The molecule has 2 bridgehead atoms. The fraction of sp³-hybridized carbons (Fsp3) is 0.429. The van der Waals surface area contributed by atoms with E-state index in [1.165, 1.54) is 18.4 Å². The number of fused-ring (bicyclic) bond motifs is 2. The van der Waals surface area contributed by atoms with Crippen molar-refractivity contribution in [1.29, 1.82) is 0 Å². The molecular formula is C35H40Cl2N4O2. The largest absolute Gasteiger partial charge is 0.334 e. The van der Waals surface area contributed by atoms with Gasteiger partial charge in [-0.1, -0.05) is 76.8 Å². The fourth-order valence-corrected chi connectivity index (χ4v) is 7.68. The Labute approximate surface area is 264 Å². The van der Waals surface area contributed by atoms with Crippen molar-refractivity contribution in [3.8, 4) is 0 Å². The van der Waals surface area contributed by atoms with Crippen LogP contribution in [0.25, 0.3) is 0 Å². The molecule has 8 heteroatoms. The minimum Gasteiger partial charge on any atom is -0.334 e. The number of nitrogens with one attached hydrogen (secondary N) is 1. The number of halogens is 2. The number of nitrogens with zero attached hydrogens (tertiary/aromatic N) is 3. The number of amides is 2. The summed E-state index contributed by atoms with van der Waals surface area (Å²) >= 11 is 12.7. The number of aryl methyl sites for hydroxylation is 2. The molecule has 3 atom stereocenters. The van der Waals surface area contributed by atoms with E-state index in [9.17, 15) is 9.59 Å². The summed E-state index contributed by atoms with van der Waals surface area (Å²) in [5.41, 5.74) is 5.05. The molecule has 3 aromatic carbocycles. The summed E-state index contributed by atoms with van der Waals surface area (Å²) in [6.45, 7) is 6.64. The number of piperidine rings is 1.